The summed E-state index contributed by atoms with van der Waals surface area (Å²) in [6.45, 7) is 4.46. The van der Waals surface area contributed by atoms with E-state index in [-0.39, 0.29) is 0 Å². The van der Waals surface area contributed by atoms with Crippen molar-refractivity contribution in [1.82, 2.24) is 0 Å². The van der Waals surface area contributed by atoms with Gasteiger partial charge in [-0.25, -0.2) is 0 Å². The molecule has 0 aliphatic rings. The Morgan fingerprint density at radius 3 is 2.00 bits per heavy atom. The largest absolute Gasteiger partial charge is 0.508 e. The lowest BCUT2D eigenvalue weighted by atomic mass is 9.97. The van der Waals surface area contributed by atoms with Crippen molar-refractivity contribution in [2.75, 3.05) is 0 Å². The number of rotatable bonds is 8. The minimum absolute atomic E-state index is 0.413. The third-order valence-corrected chi connectivity index (χ3v) is 3.29. The molecular weight excluding hydrogens is 208 g/mol. The van der Waals surface area contributed by atoms with Crippen LogP contribution in [0.4, 0.5) is 0 Å². The first-order valence-corrected chi connectivity index (χ1v) is 7.08. The van der Waals surface area contributed by atoms with Crippen LogP contribution in [0.15, 0.2) is 18.2 Å². The zero-order chi connectivity index (χ0) is 12.5. The first kappa shape index (κ1) is 14.1. The van der Waals surface area contributed by atoms with E-state index >= 15 is 0 Å². The van der Waals surface area contributed by atoms with Gasteiger partial charge in [-0.3, -0.25) is 0 Å². The summed E-state index contributed by atoms with van der Waals surface area (Å²) < 4.78 is 0. The van der Waals surface area contributed by atoms with Gasteiger partial charge >= 0.3 is 0 Å². The Labute approximate surface area is 106 Å². The highest BCUT2D eigenvalue weighted by Crippen LogP contribution is 2.21. The number of phenols is 1. The van der Waals surface area contributed by atoms with E-state index in [2.05, 4.69) is 19.9 Å². The van der Waals surface area contributed by atoms with Crippen LogP contribution < -0.4 is 0 Å². The maximum atomic E-state index is 9.57. The Kier molecular flexibility index (Phi) is 6.76. The highest BCUT2D eigenvalue weighted by atomic mass is 16.3. The summed E-state index contributed by atoms with van der Waals surface area (Å²) in [7, 11) is 0. The molecule has 0 spiro atoms. The van der Waals surface area contributed by atoms with Gasteiger partial charge in [0.05, 0.1) is 0 Å². The topological polar surface area (TPSA) is 20.2 Å². The highest BCUT2D eigenvalue weighted by Gasteiger charge is 2.03. The van der Waals surface area contributed by atoms with Gasteiger partial charge in [0.2, 0.25) is 0 Å². The number of benzene rings is 1. The number of phenolic OH excluding ortho intramolecular Hbond substituents is 1. The zero-order valence-electron chi connectivity index (χ0n) is 11.3. The number of hydrogen-bond acceptors (Lipinski definition) is 1. The molecule has 0 unspecified atom stereocenters. The van der Waals surface area contributed by atoms with E-state index < -0.39 is 0 Å². The van der Waals surface area contributed by atoms with E-state index in [1.165, 1.54) is 49.7 Å². The number of aromatic hydroxyl groups is 1. The Hall–Kier alpha value is -0.980. The van der Waals surface area contributed by atoms with Gasteiger partial charge in [-0.2, -0.15) is 0 Å². The minimum atomic E-state index is 0.413. The van der Waals surface area contributed by atoms with Crippen molar-refractivity contribution < 1.29 is 5.11 Å². The third kappa shape index (κ3) is 5.25. The standard InChI is InChI=1S/C16H26O/c1-3-5-7-9-14-11-12-16(17)13-15(14)10-8-6-4-2/h11-13,17H,3-10H2,1-2H3. The van der Waals surface area contributed by atoms with Gasteiger partial charge in [0, 0.05) is 0 Å². The van der Waals surface area contributed by atoms with Crippen molar-refractivity contribution in [2.24, 2.45) is 0 Å². The molecule has 0 aromatic heterocycles. The van der Waals surface area contributed by atoms with Crippen molar-refractivity contribution in [3.63, 3.8) is 0 Å². The van der Waals surface area contributed by atoms with Gasteiger partial charge in [0.1, 0.15) is 5.75 Å². The van der Waals surface area contributed by atoms with Crippen LogP contribution in [0.25, 0.3) is 0 Å². The van der Waals surface area contributed by atoms with Crippen LogP contribution in [0.2, 0.25) is 0 Å². The molecule has 1 rings (SSSR count). The van der Waals surface area contributed by atoms with Gasteiger partial charge in [-0.1, -0.05) is 45.6 Å². The first-order valence-electron chi connectivity index (χ1n) is 7.08. The molecule has 0 saturated carbocycles. The molecule has 96 valence electrons. The highest BCUT2D eigenvalue weighted by molar-refractivity contribution is 5.35. The Balaban J connectivity index is 2.59. The molecule has 17 heavy (non-hydrogen) atoms. The van der Waals surface area contributed by atoms with Gasteiger partial charge in [-0.05, 0) is 48.9 Å². The van der Waals surface area contributed by atoms with Gasteiger partial charge in [0.25, 0.3) is 0 Å². The summed E-state index contributed by atoms with van der Waals surface area (Å²) >= 11 is 0. The van der Waals surface area contributed by atoms with Gasteiger partial charge in [-0.15, -0.1) is 0 Å². The van der Waals surface area contributed by atoms with E-state index in [0.29, 0.717) is 5.75 Å². The fraction of sp³-hybridized carbons (Fsp3) is 0.625. The molecule has 0 heterocycles. The second-order valence-electron chi connectivity index (χ2n) is 4.87. The predicted molar refractivity (Wildman–Crippen MR) is 74.6 cm³/mol. The summed E-state index contributed by atoms with van der Waals surface area (Å²) in [5.41, 5.74) is 2.79. The molecule has 1 heteroatoms. The number of aryl methyl sites for hydroxylation is 2. The van der Waals surface area contributed by atoms with Crippen LogP contribution in [0, 0.1) is 0 Å². The lowest BCUT2D eigenvalue weighted by molar-refractivity contribution is 0.474. The normalized spacial score (nSPS) is 10.7. The van der Waals surface area contributed by atoms with Crippen LogP contribution in [0.1, 0.15) is 63.5 Å². The predicted octanol–water partition coefficient (Wildman–Crippen LogP) is 4.86. The molecule has 1 N–H and O–H groups in total. The van der Waals surface area contributed by atoms with E-state index in [1.54, 1.807) is 0 Å². The van der Waals surface area contributed by atoms with E-state index in [0.717, 1.165) is 12.8 Å². The minimum Gasteiger partial charge on any atom is -0.508 e. The van der Waals surface area contributed by atoms with Crippen LogP contribution >= 0.6 is 0 Å². The quantitative estimate of drug-likeness (QED) is 0.637. The molecule has 1 nitrogen and oxygen atoms in total. The smallest absolute Gasteiger partial charge is 0.115 e. The molecule has 0 amide bonds. The molecule has 0 saturated heterocycles. The maximum Gasteiger partial charge on any atom is 0.115 e. The van der Waals surface area contributed by atoms with Crippen molar-refractivity contribution >= 4 is 0 Å². The van der Waals surface area contributed by atoms with E-state index in [4.69, 9.17) is 0 Å². The summed E-state index contributed by atoms with van der Waals surface area (Å²) in [4.78, 5) is 0. The molecule has 0 radical (unpaired) electrons. The van der Waals surface area contributed by atoms with Gasteiger partial charge < -0.3 is 5.11 Å². The molecule has 0 atom stereocenters. The molecule has 0 fully saturated rings. The van der Waals surface area contributed by atoms with Crippen LogP contribution in [0.3, 0.4) is 0 Å². The Morgan fingerprint density at radius 2 is 1.41 bits per heavy atom. The molecule has 0 bridgehead atoms. The molecule has 0 aliphatic carbocycles. The molecule has 0 aliphatic heterocycles. The average molecular weight is 234 g/mol. The zero-order valence-corrected chi connectivity index (χ0v) is 11.3. The summed E-state index contributed by atoms with van der Waals surface area (Å²) in [6.07, 6.45) is 9.88. The van der Waals surface area contributed by atoms with Gasteiger partial charge in [0.15, 0.2) is 0 Å². The van der Waals surface area contributed by atoms with Crippen molar-refractivity contribution in [3.05, 3.63) is 29.3 Å². The molecule has 1 aromatic carbocycles. The first-order chi connectivity index (χ1) is 8.27. The fourth-order valence-electron chi connectivity index (χ4n) is 2.22. The summed E-state index contributed by atoms with van der Waals surface area (Å²) in [5.74, 6) is 0.413. The fourth-order valence-corrected chi connectivity index (χ4v) is 2.22. The summed E-state index contributed by atoms with van der Waals surface area (Å²) in [6, 6.07) is 5.88. The second kappa shape index (κ2) is 8.16. The molecular formula is C16H26O. The Bertz CT molecular complexity index is 317. The van der Waals surface area contributed by atoms with Crippen molar-refractivity contribution in [3.8, 4) is 5.75 Å². The van der Waals surface area contributed by atoms with Crippen LogP contribution in [-0.4, -0.2) is 5.11 Å². The van der Waals surface area contributed by atoms with Crippen LogP contribution in [-0.2, 0) is 12.8 Å². The van der Waals surface area contributed by atoms with Crippen molar-refractivity contribution in [1.29, 1.82) is 0 Å². The van der Waals surface area contributed by atoms with E-state index in [1.807, 2.05) is 12.1 Å². The third-order valence-electron chi connectivity index (χ3n) is 3.29. The SMILES string of the molecule is CCCCCc1ccc(O)cc1CCCCC. The molecule has 1 aromatic rings. The maximum absolute atomic E-state index is 9.57. The second-order valence-corrected chi connectivity index (χ2v) is 4.87. The lowest BCUT2D eigenvalue weighted by Crippen LogP contribution is -1.95. The summed E-state index contributed by atoms with van der Waals surface area (Å²) in [5, 5.41) is 9.57. The van der Waals surface area contributed by atoms with E-state index in [9.17, 15) is 5.11 Å². The average Bonchev–Trinajstić information content (AvgIpc) is 2.32. The Morgan fingerprint density at radius 1 is 0.824 bits per heavy atom. The monoisotopic (exact) mass is 234 g/mol. The lowest BCUT2D eigenvalue weighted by Gasteiger charge is -2.10. The van der Waals surface area contributed by atoms with Crippen molar-refractivity contribution in [2.45, 2.75) is 65.2 Å². The number of hydrogen-bond donors (Lipinski definition) is 1. The van der Waals surface area contributed by atoms with Crippen LogP contribution in [0.5, 0.6) is 5.75 Å². The number of unbranched alkanes of at least 4 members (excludes halogenated alkanes) is 4.